The molecule has 2 nitrogen and oxygen atoms in total. The van der Waals surface area contributed by atoms with E-state index in [0.717, 1.165) is 43.2 Å². The van der Waals surface area contributed by atoms with Gasteiger partial charge in [-0.3, -0.25) is 0 Å². The molecule has 0 aromatic heterocycles. The van der Waals surface area contributed by atoms with Gasteiger partial charge in [-0.05, 0) is 56.6 Å². The molecule has 1 unspecified atom stereocenters. The van der Waals surface area contributed by atoms with Crippen molar-refractivity contribution < 1.29 is 0 Å². The largest absolute Gasteiger partial charge is 0.371 e. The van der Waals surface area contributed by atoms with Crippen LogP contribution in [0, 0.1) is 11.3 Å². The number of hydrogen-bond acceptors (Lipinski definition) is 2. The van der Waals surface area contributed by atoms with Crippen LogP contribution in [0.2, 0.25) is 0 Å². The maximum Gasteiger partial charge on any atom is 0.0302 e. The second kappa shape index (κ2) is 27.5. The smallest absolute Gasteiger partial charge is 0.0302 e. The first-order valence-corrected chi connectivity index (χ1v) is 14.7. The maximum absolute atomic E-state index is 3.96. The fourth-order valence-corrected chi connectivity index (χ4v) is 4.36. The summed E-state index contributed by atoms with van der Waals surface area (Å²) in [6.07, 6.45) is 18.8. The molecule has 2 heteroatoms. The van der Waals surface area contributed by atoms with Gasteiger partial charge < -0.3 is 10.2 Å². The van der Waals surface area contributed by atoms with Crippen LogP contribution in [0.1, 0.15) is 139 Å². The van der Waals surface area contributed by atoms with E-state index in [2.05, 4.69) is 58.0 Å². The Labute approximate surface area is 212 Å². The van der Waals surface area contributed by atoms with Crippen LogP contribution < -0.4 is 5.32 Å². The fourth-order valence-electron chi connectivity index (χ4n) is 4.36. The van der Waals surface area contributed by atoms with Crippen molar-refractivity contribution in [3.8, 4) is 0 Å². The van der Waals surface area contributed by atoms with E-state index in [9.17, 15) is 0 Å². The molecule has 1 atom stereocenters. The molecule has 33 heavy (non-hydrogen) atoms. The normalized spacial score (nSPS) is 14.5. The lowest BCUT2D eigenvalue weighted by Crippen LogP contribution is -2.31. The maximum atomic E-state index is 3.96. The Morgan fingerprint density at radius 3 is 2.03 bits per heavy atom. The standard InChI is InChI=1S/C14H28N2.C13H26.2C2H6/c1-5-8-9-10-11-15-12-13-16(7-3)14(4)6-2;1-4-7-12(2)8-11-13(3)9-5-6-10-13;2*1-2/h6,15H,2,4-5,7-13H2,1,3H3;12H,4-11H2,1-3H3;2*1-2H3. The number of nitrogens with zero attached hydrogens (tertiary/aromatic N) is 1. The van der Waals surface area contributed by atoms with Crippen LogP contribution in [0.3, 0.4) is 0 Å². The van der Waals surface area contributed by atoms with Gasteiger partial charge in [-0.2, -0.15) is 0 Å². The number of nitrogens with one attached hydrogen (secondary N) is 1. The lowest BCUT2D eigenvalue weighted by atomic mass is 9.81. The van der Waals surface area contributed by atoms with Crippen molar-refractivity contribution in [2.75, 3.05) is 26.2 Å². The summed E-state index contributed by atoms with van der Waals surface area (Å²) in [6, 6.07) is 0. The predicted molar refractivity (Wildman–Crippen MR) is 156 cm³/mol. The number of unbranched alkanes of at least 4 members (excludes halogenated alkanes) is 3. The van der Waals surface area contributed by atoms with E-state index in [1.807, 2.05) is 33.8 Å². The highest BCUT2D eigenvalue weighted by molar-refractivity contribution is 5.09. The lowest BCUT2D eigenvalue weighted by molar-refractivity contribution is 0.272. The van der Waals surface area contributed by atoms with E-state index >= 15 is 0 Å². The summed E-state index contributed by atoms with van der Waals surface area (Å²) in [5.74, 6) is 0.961. The first-order chi connectivity index (χ1) is 15.9. The zero-order chi connectivity index (χ0) is 26.0. The molecular weight excluding hydrogens is 400 g/mol. The summed E-state index contributed by atoms with van der Waals surface area (Å²) in [7, 11) is 0. The second-order valence-electron chi connectivity index (χ2n) is 9.54. The Balaban J connectivity index is -0.000000479. The highest BCUT2D eigenvalue weighted by Gasteiger charge is 2.28. The molecule has 0 heterocycles. The summed E-state index contributed by atoms with van der Waals surface area (Å²) < 4.78 is 0. The molecule has 1 saturated carbocycles. The summed E-state index contributed by atoms with van der Waals surface area (Å²) >= 11 is 0. The number of rotatable bonds is 16. The highest BCUT2D eigenvalue weighted by atomic mass is 15.1. The molecular formula is C31H66N2. The second-order valence-corrected chi connectivity index (χ2v) is 9.54. The molecule has 0 bridgehead atoms. The molecule has 1 rings (SSSR count). The third-order valence-corrected chi connectivity index (χ3v) is 6.62. The van der Waals surface area contributed by atoms with E-state index in [-0.39, 0.29) is 0 Å². The Bertz CT molecular complexity index is 396. The topological polar surface area (TPSA) is 15.3 Å². The van der Waals surface area contributed by atoms with Crippen LogP contribution in [-0.2, 0) is 0 Å². The zero-order valence-corrected chi connectivity index (χ0v) is 24.8. The van der Waals surface area contributed by atoms with E-state index in [1.54, 1.807) is 0 Å². The molecule has 0 spiro atoms. The molecule has 1 N–H and O–H groups in total. The van der Waals surface area contributed by atoms with Crippen LogP contribution in [0.25, 0.3) is 0 Å². The highest BCUT2D eigenvalue weighted by Crippen LogP contribution is 2.42. The average molecular weight is 467 g/mol. The lowest BCUT2D eigenvalue weighted by Gasteiger charge is -2.25. The van der Waals surface area contributed by atoms with E-state index in [0.29, 0.717) is 0 Å². The van der Waals surface area contributed by atoms with Gasteiger partial charge >= 0.3 is 0 Å². The third kappa shape index (κ3) is 22.8. The van der Waals surface area contributed by atoms with E-state index in [1.165, 1.54) is 77.0 Å². The fraction of sp³-hybridized carbons (Fsp3) is 0.871. The van der Waals surface area contributed by atoms with Gasteiger partial charge in [0.25, 0.3) is 0 Å². The Morgan fingerprint density at radius 1 is 0.939 bits per heavy atom. The molecule has 0 aromatic carbocycles. The van der Waals surface area contributed by atoms with Gasteiger partial charge in [-0.25, -0.2) is 0 Å². The minimum Gasteiger partial charge on any atom is -0.371 e. The summed E-state index contributed by atoms with van der Waals surface area (Å²) in [4.78, 5) is 2.24. The van der Waals surface area contributed by atoms with Crippen LogP contribution in [0.4, 0.5) is 0 Å². The quantitative estimate of drug-likeness (QED) is 0.180. The summed E-state index contributed by atoms with van der Waals surface area (Å²) in [6.45, 7) is 31.5. The minimum absolute atomic E-state index is 0.724. The molecule has 1 aliphatic rings. The van der Waals surface area contributed by atoms with Crippen LogP contribution >= 0.6 is 0 Å². The number of likely N-dealkylation sites (N-methyl/N-ethyl adjacent to an activating group) is 1. The molecule has 0 aromatic rings. The molecule has 1 aliphatic carbocycles. The molecule has 0 radical (unpaired) electrons. The first kappa shape index (κ1) is 36.8. The van der Waals surface area contributed by atoms with Crippen molar-refractivity contribution in [3.05, 3.63) is 24.9 Å². The Morgan fingerprint density at radius 2 is 1.55 bits per heavy atom. The van der Waals surface area contributed by atoms with Crippen molar-refractivity contribution in [1.82, 2.24) is 10.2 Å². The molecule has 200 valence electrons. The van der Waals surface area contributed by atoms with Crippen LogP contribution in [0.5, 0.6) is 0 Å². The Kier molecular flexibility index (Phi) is 30.7. The SMILES string of the molecule is C=CC(=C)N(CC)CCNCCCCCC.CC.CC.CCCC(C)CCC1(C)CCCC1. The van der Waals surface area contributed by atoms with Crippen molar-refractivity contribution in [2.24, 2.45) is 11.3 Å². The summed E-state index contributed by atoms with van der Waals surface area (Å²) in [5.41, 5.74) is 1.75. The van der Waals surface area contributed by atoms with Gasteiger partial charge in [-0.1, -0.05) is 120 Å². The minimum atomic E-state index is 0.724. The van der Waals surface area contributed by atoms with Gasteiger partial charge in [0, 0.05) is 25.3 Å². The Hall–Kier alpha value is -0.760. The van der Waals surface area contributed by atoms with Gasteiger partial charge in [0.15, 0.2) is 0 Å². The van der Waals surface area contributed by atoms with E-state index < -0.39 is 0 Å². The van der Waals surface area contributed by atoms with Gasteiger partial charge in [-0.15, -0.1) is 0 Å². The monoisotopic (exact) mass is 467 g/mol. The molecule has 0 saturated heterocycles. The van der Waals surface area contributed by atoms with Crippen molar-refractivity contribution in [2.45, 2.75) is 139 Å². The van der Waals surface area contributed by atoms with E-state index in [4.69, 9.17) is 0 Å². The number of hydrogen-bond donors (Lipinski definition) is 1. The summed E-state index contributed by atoms with van der Waals surface area (Å²) in [5, 5.41) is 3.47. The van der Waals surface area contributed by atoms with Gasteiger partial charge in [0.1, 0.15) is 0 Å². The first-order valence-electron chi connectivity index (χ1n) is 14.7. The molecule has 1 fully saturated rings. The zero-order valence-electron chi connectivity index (χ0n) is 24.8. The number of allylic oxidation sites excluding steroid dienone is 1. The predicted octanol–water partition coefficient (Wildman–Crippen LogP) is 10.0. The van der Waals surface area contributed by atoms with Crippen molar-refractivity contribution >= 4 is 0 Å². The van der Waals surface area contributed by atoms with Gasteiger partial charge in [0.05, 0.1) is 0 Å². The van der Waals surface area contributed by atoms with Crippen molar-refractivity contribution in [1.29, 1.82) is 0 Å². The van der Waals surface area contributed by atoms with Crippen molar-refractivity contribution in [3.63, 3.8) is 0 Å². The molecule has 0 aliphatic heterocycles. The van der Waals surface area contributed by atoms with Crippen LogP contribution in [0.15, 0.2) is 24.9 Å². The third-order valence-electron chi connectivity index (χ3n) is 6.62. The van der Waals surface area contributed by atoms with Gasteiger partial charge in [0.2, 0.25) is 0 Å². The molecule has 0 amide bonds. The van der Waals surface area contributed by atoms with Crippen LogP contribution in [-0.4, -0.2) is 31.1 Å². The average Bonchev–Trinajstić information content (AvgIpc) is 3.29.